The Morgan fingerprint density at radius 3 is 2.15 bits per heavy atom. The first-order chi connectivity index (χ1) is 19.3. The molecule has 0 saturated carbocycles. The number of methoxy groups -OCH3 is 1. The fourth-order valence-corrected chi connectivity index (χ4v) is 6.30. The van der Waals surface area contributed by atoms with Crippen molar-refractivity contribution in [2.75, 3.05) is 45.3 Å². The van der Waals surface area contributed by atoms with Gasteiger partial charge in [0.2, 0.25) is 15.9 Å². The number of urea groups is 1. The molecule has 0 unspecified atom stereocenters. The van der Waals surface area contributed by atoms with E-state index in [1.165, 1.54) is 29.6 Å². The van der Waals surface area contributed by atoms with Crippen LogP contribution in [0.15, 0.2) is 83.8 Å². The molecule has 2 aliphatic rings. The Hall–Kier alpha value is -4.26. The molecule has 0 atom stereocenters. The summed E-state index contributed by atoms with van der Waals surface area (Å²) in [4.78, 5) is 40.9. The highest BCUT2D eigenvalue weighted by molar-refractivity contribution is 7.89. The number of benzene rings is 3. The minimum Gasteiger partial charge on any atom is -0.495 e. The lowest BCUT2D eigenvalue weighted by Crippen LogP contribution is -2.45. The summed E-state index contributed by atoms with van der Waals surface area (Å²) in [6.07, 6.45) is 0. The van der Waals surface area contributed by atoms with Gasteiger partial charge < -0.3 is 20.1 Å². The quantitative estimate of drug-likeness (QED) is 0.401. The average molecular weight is 565 g/mol. The number of amides is 4. The number of imide groups is 1. The first kappa shape index (κ1) is 27.3. The lowest BCUT2D eigenvalue weighted by Gasteiger charge is -2.28. The maximum atomic E-state index is 13.9. The molecule has 12 heteroatoms. The van der Waals surface area contributed by atoms with Gasteiger partial charge >= 0.3 is 6.03 Å². The summed E-state index contributed by atoms with van der Waals surface area (Å²) in [6, 6.07) is 21.0. The second kappa shape index (κ2) is 11.1. The molecule has 40 heavy (non-hydrogen) atoms. The number of rotatable bonds is 8. The molecule has 0 bridgehead atoms. The van der Waals surface area contributed by atoms with Crippen LogP contribution >= 0.6 is 0 Å². The van der Waals surface area contributed by atoms with E-state index in [-0.39, 0.29) is 29.4 Å². The van der Waals surface area contributed by atoms with Crippen LogP contribution in [0.1, 0.15) is 11.1 Å². The van der Waals surface area contributed by atoms with Crippen molar-refractivity contribution < 1.29 is 32.3 Å². The minimum atomic E-state index is -3.84. The summed E-state index contributed by atoms with van der Waals surface area (Å²) in [6.45, 7) is 0.409. The maximum absolute atomic E-state index is 13.9. The Morgan fingerprint density at radius 2 is 1.57 bits per heavy atom. The topological polar surface area (TPSA) is 134 Å². The van der Waals surface area contributed by atoms with E-state index in [1.54, 1.807) is 60.7 Å². The Labute approximate surface area is 231 Å². The zero-order valence-electron chi connectivity index (χ0n) is 21.7. The molecule has 0 radical (unpaired) electrons. The number of carbonyl (C=O) groups is 3. The van der Waals surface area contributed by atoms with Crippen LogP contribution < -0.4 is 15.4 Å². The third-order valence-corrected chi connectivity index (χ3v) is 8.77. The van der Waals surface area contributed by atoms with Crippen LogP contribution in [-0.4, -0.2) is 75.4 Å². The van der Waals surface area contributed by atoms with Gasteiger partial charge in [0, 0.05) is 13.1 Å². The standard InChI is InChI=1S/C28H28N4O7S/c1-38-24-13-12-22(40(36,37)31-14-16-39-17-15-31)18-23(24)29-25(33)19-32-26(34)28(30-27(32)35,20-8-4-2-5-9-20)21-10-6-3-7-11-21/h2-13,18H,14-17,19H2,1H3,(H,29,33)(H,30,35). The zero-order valence-corrected chi connectivity index (χ0v) is 22.5. The Kier molecular flexibility index (Phi) is 7.57. The molecule has 5 rings (SSSR count). The van der Waals surface area contributed by atoms with E-state index in [1.807, 2.05) is 0 Å². The number of hydrogen-bond donors (Lipinski definition) is 2. The summed E-state index contributed by atoms with van der Waals surface area (Å²) >= 11 is 0. The first-order valence-electron chi connectivity index (χ1n) is 12.6. The number of hydrogen-bond acceptors (Lipinski definition) is 7. The van der Waals surface area contributed by atoms with Crippen molar-refractivity contribution in [1.29, 1.82) is 0 Å². The smallest absolute Gasteiger partial charge is 0.326 e. The summed E-state index contributed by atoms with van der Waals surface area (Å²) < 4.78 is 38.2. The molecule has 2 fully saturated rings. The van der Waals surface area contributed by atoms with Gasteiger partial charge in [0.25, 0.3) is 5.91 Å². The minimum absolute atomic E-state index is 0.0346. The van der Waals surface area contributed by atoms with Crippen LogP contribution in [0, 0.1) is 0 Å². The van der Waals surface area contributed by atoms with Crippen LogP contribution in [0.4, 0.5) is 10.5 Å². The largest absolute Gasteiger partial charge is 0.495 e. The molecular weight excluding hydrogens is 536 g/mol. The van der Waals surface area contributed by atoms with Gasteiger partial charge in [-0.2, -0.15) is 4.31 Å². The van der Waals surface area contributed by atoms with Gasteiger partial charge in [-0.1, -0.05) is 60.7 Å². The first-order valence-corrected chi connectivity index (χ1v) is 14.0. The van der Waals surface area contributed by atoms with Gasteiger partial charge in [-0.3, -0.25) is 14.5 Å². The van der Waals surface area contributed by atoms with Gasteiger partial charge in [-0.05, 0) is 29.3 Å². The second-order valence-electron chi connectivity index (χ2n) is 9.23. The second-order valence-corrected chi connectivity index (χ2v) is 11.2. The fraction of sp³-hybridized carbons (Fsp3) is 0.250. The predicted molar refractivity (Wildman–Crippen MR) is 145 cm³/mol. The normalized spacial score (nSPS) is 17.4. The van der Waals surface area contributed by atoms with Crippen LogP contribution in [0.5, 0.6) is 5.75 Å². The molecular formula is C28H28N4O7S. The van der Waals surface area contributed by atoms with Crippen LogP contribution in [-0.2, 0) is 29.9 Å². The maximum Gasteiger partial charge on any atom is 0.326 e. The number of sulfonamides is 1. The van der Waals surface area contributed by atoms with Crippen molar-refractivity contribution in [2.45, 2.75) is 10.4 Å². The molecule has 2 saturated heterocycles. The summed E-state index contributed by atoms with van der Waals surface area (Å²) in [5, 5.41) is 5.40. The molecule has 0 aromatic heterocycles. The number of morpholine rings is 1. The van der Waals surface area contributed by atoms with E-state index in [2.05, 4.69) is 10.6 Å². The van der Waals surface area contributed by atoms with Crippen molar-refractivity contribution in [2.24, 2.45) is 0 Å². The van der Waals surface area contributed by atoms with Crippen molar-refractivity contribution in [3.63, 3.8) is 0 Å². The van der Waals surface area contributed by atoms with E-state index in [4.69, 9.17) is 9.47 Å². The number of ether oxygens (including phenoxy) is 2. The van der Waals surface area contributed by atoms with E-state index < -0.39 is 40.0 Å². The number of nitrogens with zero attached hydrogens (tertiary/aromatic N) is 2. The molecule has 0 spiro atoms. The lowest BCUT2D eigenvalue weighted by atomic mass is 9.82. The third-order valence-electron chi connectivity index (χ3n) is 6.87. The van der Waals surface area contributed by atoms with E-state index >= 15 is 0 Å². The summed E-state index contributed by atoms with van der Waals surface area (Å²) in [5.74, 6) is -1.10. The van der Waals surface area contributed by atoms with Gasteiger partial charge in [-0.25, -0.2) is 13.2 Å². The van der Waals surface area contributed by atoms with Gasteiger partial charge in [0.05, 0.1) is 30.9 Å². The highest BCUT2D eigenvalue weighted by atomic mass is 32.2. The molecule has 11 nitrogen and oxygen atoms in total. The third kappa shape index (κ3) is 4.92. The molecule has 4 amide bonds. The van der Waals surface area contributed by atoms with Crippen molar-refractivity contribution >= 4 is 33.6 Å². The molecule has 2 heterocycles. The number of nitrogens with one attached hydrogen (secondary N) is 2. The Balaban J connectivity index is 1.40. The predicted octanol–water partition coefficient (Wildman–Crippen LogP) is 2.15. The van der Waals surface area contributed by atoms with E-state index in [0.717, 1.165) is 4.90 Å². The summed E-state index contributed by atoms with van der Waals surface area (Å²) in [7, 11) is -2.46. The van der Waals surface area contributed by atoms with Gasteiger partial charge in [0.15, 0.2) is 5.54 Å². The SMILES string of the molecule is COc1ccc(S(=O)(=O)N2CCOCC2)cc1NC(=O)CN1C(=O)NC(c2ccccc2)(c2ccccc2)C1=O. The molecule has 3 aromatic rings. The number of anilines is 1. The molecule has 0 aliphatic carbocycles. The van der Waals surface area contributed by atoms with Gasteiger partial charge in [-0.15, -0.1) is 0 Å². The average Bonchev–Trinajstić information content (AvgIpc) is 3.24. The molecule has 208 valence electrons. The highest BCUT2D eigenvalue weighted by Crippen LogP contribution is 2.36. The zero-order chi connectivity index (χ0) is 28.3. The van der Waals surface area contributed by atoms with Crippen LogP contribution in [0.25, 0.3) is 0 Å². The Morgan fingerprint density at radius 1 is 0.975 bits per heavy atom. The van der Waals surface area contributed by atoms with Crippen LogP contribution in [0.2, 0.25) is 0 Å². The van der Waals surface area contributed by atoms with Gasteiger partial charge in [0.1, 0.15) is 12.3 Å². The number of carbonyl (C=O) groups excluding carboxylic acids is 3. The Bertz CT molecular complexity index is 1490. The monoisotopic (exact) mass is 564 g/mol. The molecule has 3 aromatic carbocycles. The van der Waals surface area contributed by atoms with Crippen molar-refractivity contribution in [3.05, 3.63) is 90.0 Å². The molecule has 2 aliphatic heterocycles. The highest BCUT2D eigenvalue weighted by Gasteiger charge is 2.54. The van der Waals surface area contributed by atoms with Crippen LogP contribution in [0.3, 0.4) is 0 Å². The van der Waals surface area contributed by atoms with E-state index in [0.29, 0.717) is 24.3 Å². The lowest BCUT2D eigenvalue weighted by molar-refractivity contribution is -0.133. The van der Waals surface area contributed by atoms with Crippen molar-refractivity contribution in [3.8, 4) is 5.75 Å². The summed E-state index contributed by atoms with van der Waals surface area (Å²) in [5.41, 5.74) is -0.328. The fourth-order valence-electron chi connectivity index (χ4n) is 4.87. The molecule has 2 N–H and O–H groups in total. The van der Waals surface area contributed by atoms with Crippen molar-refractivity contribution in [1.82, 2.24) is 14.5 Å². The van der Waals surface area contributed by atoms with E-state index in [9.17, 15) is 22.8 Å².